The van der Waals surface area contributed by atoms with E-state index >= 15 is 0 Å². The van der Waals surface area contributed by atoms with Gasteiger partial charge >= 0.3 is 0 Å². The fraction of sp³-hybridized carbons (Fsp3) is 0.600. The normalized spacial score (nSPS) is 14.0. The highest BCUT2D eigenvalue weighted by Gasteiger charge is 2.31. The zero-order chi connectivity index (χ0) is 12.7. The number of aliphatic hydroxyl groups excluding tert-OH is 2. The lowest BCUT2D eigenvalue weighted by Gasteiger charge is -2.20. The molecule has 0 aromatic rings. The number of hydrogen-bond donors (Lipinski definition) is 2. The number of hydrogen-bond acceptors (Lipinski definition) is 5. The van der Waals surface area contributed by atoms with E-state index < -0.39 is 23.9 Å². The Morgan fingerprint density at radius 3 is 2.44 bits per heavy atom. The quantitative estimate of drug-likeness (QED) is 0.445. The van der Waals surface area contributed by atoms with E-state index in [4.69, 9.17) is 0 Å². The summed E-state index contributed by atoms with van der Waals surface area (Å²) in [5.74, 6) is -1.48. The molecule has 0 saturated carbocycles. The van der Waals surface area contributed by atoms with Crippen LogP contribution >= 0.6 is 0 Å². The molecule has 92 valence electrons. The van der Waals surface area contributed by atoms with Crippen molar-refractivity contribution in [3.63, 3.8) is 0 Å². The third-order valence-corrected chi connectivity index (χ3v) is 2.06. The van der Waals surface area contributed by atoms with Crippen LogP contribution in [0.15, 0.2) is 12.7 Å². The van der Waals surface area contributed by atoms with Gasteiger partial charge in [0.05, 0.1) is 7.11 Å². The SMILES string of the molecule is C=CCCC(=O)[C@@H](O)[C@H](O)C(=O)N(C)OC. The van der Waals surface area contributed by atoms with Crippen LogP contribution < -0.4 is 0 Å². The van der Waals surface area contributed by atoms with Crippen LogP contribution in [-0.4, -0.2) is 53.3 Å². The van der Waals surface area contributed by atoms with Gasteiger partial charge in [0.15, 0.2) is 11.9 Å². The standard InChI is InChI=1S/C10H17NO5/c1-4-5-6-7(12)8(13)9(14)10(15)11(2)16-3/h4,8-9,13-14H,1,5-6H2,2-3H3/t8-,9+/m1/s1. The highest BCUT2D eigenvalue weighted by atomic mass is 16.7. The number of allylic oxidation sites excluding steroid dienone is 1. The topological polar surface area (TPSA) is 87.1 Å². The fourth-order valence-corrected chi connectivity index (χ4v) is 0.980. The second-order valence-corrected chi connectivity index (χ2v) is 3.20. The van der Waals surface area contributed by atoms with Gasteiger partial charge in [-0.25, -0.2) is 5.06 Å². The Bertz CT molecular complexity index is 266. The van der Waals surface area contributed by atoms with Gasteiger partial charge in [-0.3, -0.25) is 14.4 Å². The van der Waals surface area contributed by atoms with Crippen molar-refractivity contribution in [1.29, 1.82) is 0 Å². The molecule has 0 bridgehead atoms. The van der Waals surface area contributed by atoms with Crippen molar-refractivity contribution in [3.05, 3.63) is 12.7 Å². The zero-order valence-electron chi connectivity index (χ0n) is 9.42. The predicted octanol–water partition coefficient (Wildman–Crippen LogP) is -0.737. The van der Waals surface area contributed by atoms with Crippen LogP contribution in [0.3, 0.4) is 0 Å². The molecule has 0 aliphatic carbocycles. The summed E-state index contributed by atoms with van der Waals surface area (Å²) in [6.07, 6.45) is -1.60. The monoisotopic (exact) mass is 231 g/mol. The van der Waals surface area contributed by atoms with Crippen LogP contribution in [0.1, 0.15) is 12.8 Å². The first-order chi connectivity index (χ1) is 7.45. The van der Waals surface area contributed by atoms with E-state index in [2.05, 4.69) is 11.4 Å². The predicted molar refractivity (Wildman–Crippen MR) is 56.2 cm³/mol. The highest BCUT2D eigenvalue weighted by molar-refractivity contribution is 5.91. The summed E-state index contributed by atoms with van der Waals surface area (Å²) in [6, 6.07) is 0. The van der Waals surface area contributed by atoms with Gasteiger partial charge in [-0.1, -0.05) is 6.08 Å². The molecule has 0 unspecified atom stereocenters. The summed E-state index contributed by atoms with van der Waals surface area (Å²) in [6.45, 7) is 3.42. The lowest BCUT2D eigenvalue weighted by Crippen LogP contribution is -2.46. The van der Waals surface area contributed by atoms with Gasteiger partial charge in [0.25, 0.3) is 5.91 Å². The number of nitrogens with zero attached hydrogens (tertiary/aromatic N) is 1. The van der Waals surface area contributed by atoms with Crippen LogP contribution in [0.4, 0.5) is 0 Å². The van der Waals surface area contributed by atoms with E-state index in [0.717, 1.165) is 5.06 Å². The summed E-state index contributed by atoms with van der Waals surface area (Å²) in [4.78, 5) is 27.1. The third kappa shape index (κ3) is 4.09. The third-order valence-electron chi connectivity index (χ3n) is 2.06. The van der Waals surface area contributed by atoms with E-state index in [-0.39, 0.29) is 6.42 Å². The van der Waals surface area contributed by atoms with Crippen molar-refractivity contribution in [1.82, 2.24) is 5.06 Å². The molecule has 0 radical (unpaired) electrons. The molecule has 16 heavy (non-hydrogen) atoms. The van der Waals surface area contributed by atoms with Crippen LogP contribution in [0.25, 0.3) is 0 Å². The molecule has 6 heteroatoms. The average Bonchev–Trinajstić information content (AvgIpc) is 2.31. The van der Waals surface area contributed by atoms with Gasteiger partial charge in [0, 0.05) is 13.5 Å². The van der Waals surface area contributed by atoms with Gasteiger partial charge in [-0.05, 0) is 6.42 Å². The number of likely N-dealkylation sites (N-methyl/N-ethyl adjacent to an activating group) is 1. The molecule has 0 aliphatic rings. The van der Waals surface area contributed by atoms with Crippen molar-refractivity contribution >= 4 is 11.7 Å². The molecule has 2 N–H and O–H groups in total. The Labute approximate surface area is 94.1 Å². The highest BCUT2D eigenvalue weighted by Crippen LogP contribution is 2.04. The molecule has 0 saturated heterocycles. The first kappa shape index (κ1) is 14.8. The van der Waals surface area contributed by atoms with Crippen LogP contribution in [-0.2, 0) is 14.4 Å². The van der Waals surface area contributed by atoms with Crippen molar-refractivity contribution in [3.8, 4) is 0 Å². The van der Waals surface area contributed by atoms with Crippen LogP contribution in [0, 0.1) is 0 Å². The molecule has 0 rings (SSSR count). The minimum absolute atomic E-state index is 0.0334. The molecular weight excluding hydrogens is 214 g/mol. The molecule has 0 aliphatic heterocycles. The van der Waals surface area contributed by atoms with E-state index in [1.165, 1.54) is 20.2 Å². The second-order valence-electron chi connectivity index (χ2n) is 3.20. The summed E-state index contributed by atoms with van der Waals surface area (Å²) in [5.41, 5.74) is 0. The maximum Gasteiger partial charge on any atom is 0.277 e. The van der Waals surface area contributed by atoms with Gasteiger partial charge in [-0.15, -0.1) is 6.58 Å². The van der Waals surface area contributed by atoms with Crippen LogP contribution in [0.5, 0.6) is 0 Å². The van der Waals surface area contributed by atoms with Crippen molar-refractivity contribution in [2.45, 2.75) is 25.0 Å². The molecule has 0 spiro atoms. The second kappa shape index (κ2) is 7.10. The number of hydroxylamine groups is 2. The number of Topliss-reactive ketones (excluding diaryl/α,β-unsaturated/α-hetero) is 1. The minimum Gasteiger partial charge on any atom is -0.382 e. The molecule has 0 fully saturated rings. The van der Waals surface area contributed by atoms with E-state index in [9.17, 15) is 19.8 Å². The number of rotatable bonds is 7. The molecule has 2 atom stereocenters. The molecule has 0 heterocycles. The maximum absolute atomic E-state index is 11.3. The molecule has 0 aromatic carbocycles. The van der Waals surface area contributed by atoms with Crippen molar-refractivity contribution < 1.29 is 24.6 Å². The van der Waals surface area contributed by atoms with Gasteiger partial charge in [0.1, 0.15) is 6.10 Å². The van der Waals surface area contributed by atoms with Gasteiger partial charge < -0.3 is 10.2 Å². The smallest absolute Gasteiger partial charge is 0.277 e. The maximum atomic E-state index is 11.3. The van der Waals surface area contributed by atoms with Crippen molar-refractivity contribution in [2.75, 3.05) is 14.2 Å². The minimum atomic E-state index is -1.80. The number of aliphatic hydroxyl groups is 2. The van der Waals surface area contributed by atoms with Gasteiger partial charge in [0.2, 0.25) is 0 Å². The molecule has 0 aromatic heterocycles. The van der Waals surface area contributed by atoms with E-state index in [0.29, 0.717) is 6.42 Å². The Hall–Kier alpha value is -1.24. The first-order valence-corrected chi connectivity index (χ1v) is 4.77. The van der Waals surface area contributed by atoms with E-state index in [1.54, 1.807) is 0 Å². The zero-order valence-corrected chi connectivity index (χ0v) is 9.42. The Morgan fingerprint density at radius 1 is 1.44 bits per heavy atom. The first-order valence-electron chi connectivity index (χ1n) is 4.77. The van der Waals surface area contributed by atoms with Crippen molar-refractivity contribution in [2.24, 2.45) is 0 Å². The molecule has 1 amide bonds. The lowest BCUT2D eigenvalue weighted by atomic mass is 10.0. The van der Waals surface area contributed by atoms with Gasteiger partial charge in [-0.2, -0.15) is 0 Å². The summed E-state index contributed by atoms with van der Waals surface area (Å²) < 4.78 is 0. The number of ketones is 1. The largest absolute Gasteiger partial charge is 0.382 e. The number of carbonyl (C=O) groups is 2. The average molecular weight is 231 g/mol. The Morgan fingerprint density at radius 2 is 2.00 bits per heavy atom. The molecular formula is C10H17NO5. The fourth-order valence-electron chi connectivity index (χ4n) is 0.980. The number of amides is 1. The Balaban J connectivity index is 4.36. The number of carbonyl (C=O) groups excluding carboxylic acids is 2. The summed E-state index contributed by atoms with van der Waals surface area (Å²) >= 11 is 0. The van der Waals surface area contributed by atoms with E-state index in [1.807, 2.05) is 0 Å². The summed E-state index contributed by atoms with van der Waals surface area (Å²) in [5, 5.41) is 19.5. The Kier molecular flexibility index (Phi) is 6.55. The van der Waals surface area contributed by atoms with Crippen LogP contribution in [0.2, 0.25) is 0 Å². The summed E-state index contributed by atoms with van der Waals surface area (Å²) in [7, 11) is 2.50. The lowest BCUT2D eigenvalue weighted by molar-refractivity contribution is -0.184. The molecule has 6 nitrogen and oxygen atoms in total.